The molecule has 1 aromatic heterocycles. The van der Waals surface area contributed by atoms with Crippen LogP contribution in [0.4, 0.5) is 0 Å². The first-order valence-electron chi connectivity index (χ1n) is 10.2. The number of carbonyl (C=O) groups is 5. The first-order valence-corrected chi connectivity index (χ1v) is 11.6. The lowest BCUT2D eigenvalue weighted by atomic mass is 10.1. The zero-order chi connectivity index (χ0) is 25.0. The van der Waals surface area contributed by atoms with Gasteiger partial charge in [-0.05, 0) is 31.8 Å². The molecule has 0 aliphatic carbocycles. The number of carbonyl (C=O) groups excluding carboxylic acids is 4. The lowest BCUT2D eigenvalue weighted by molar-refractivity contribution is -0.141. The van der Waals surface area contributed by atoms with Crippen molar-refractivity contribution in [3.63, 3.8) is 0 Å². The SMILES string of the molecule is CSCCC(N)C(=O)NC(CCC(N)=O)C(=O)NC(Cc1cnc[nH]1)C(=O)NC(C)C(=O)O. The number of carboxylic acid groups (broad SMARTS) is 1. The molecule has 1 aromatic rings. The van der Waals surface area contributed by atoms with Gasteiger partial charge in [-0.3, -0.25) is 24.0 Å². The summed E-state index contributed by atoms with van der Waals surface area (Å²) in [6.45, 7) is 1.28. The van der Waals surface area contributed by atoms with Gasteiger partial charge in [0, 0.05) is 24.7 Å². The lowest BCUT2D eigenvalue weighted by Crippen LogP contribution is -2.57. The summed E-state index contributed by atoms with van der Waals surface area (Å²) in [7, 11) is 0. The van der Waals surface area contributed by atoms with Crippen molar-refractivity contribution >= 4 is 41.4 Å². The van der Waals surface area contributed by atoms with Gasteiger partial charge in [0.15, 0.2) is 0 Å². The zero-order valence-corrected chi connectivity index (χ0v) is 19.3. The molecule has 4 amide bonds. The second-order valence-electron chi connectivity index (χ2n) is 7.36. The van der Waals surface area contributed by atoms with E-state index in [1.165, 1.54) is 31.2 Å². The van der Waals surface area contributed by atoms with Crippen LogP contribution in [0.3, 0.4) is 0 Å². The first kappa shape index (κ1) is 27.9. The van der Waals surface area contributed by atoms with Crippen LogP contribution in [0, 0.1) is 0 Å². The number of hydrogen-bond donors (Lipinski definition) is 7. The minimum Gasteiger partial charge on any atom is -0.480 e. The van der Waals surface area contributed by atoms with Crippen LogP contribution in [-0.4, -0.2) is 80.8 Å². The molecular formula is C19H31N7O6S. The van der Waals surface area contributed by atoms with E-state index in [1.807, 2.05) is 6.26 Å². The highest BCUT2D eigenvalue weighted by Gasteiger charge is 2.30. The van der Waals surface area contributed by atoms with Gasteiger partial charge >= 0.3 is 5.97 Å². The molecule has 0 radical (unpaired) electrons. The van der Waals surface area contributed by atoms with Crippen molar-refractivity contribution in [2.45, 2.75) is 56.8 Å². The number of thioether (sulfide) groups is 1. The van der Waals surface area contributed by atoms with Crippen molar-refractivity contribution in [2.24, 2.45) is 11.5 Å². The fraction of sp³-hybridized carbons (Fsp3) is 0.579. The van der Waals surface area contributed by atoms with Gasteiger partial charge in [0.1, 0.15) is 18.1 Å². The number of imidazole rings is 1. The van der Waals surface area contributed by atoms with Crippen molar-refractivity contribution in [3.05, 3.63) is 18.2 Å². The van der Waals surface area contributed by atoms with Crippen LogP contribution in [0.2, 0.25) is 0 Å². The van der Waals surface area contributed by atoms with Crippen LogP contribution in [0.15, 0.2) is 12.5 Å². The molecule has 1 heterocycles. The molecule has 0 bridgehead atoms. The maximum absolute atomic E-state index is 12.9. The number of hydrogen-bond acceptors (Lipinski definition) is 8. The second kappa shape index (κ2) is 14.1. The van der Waals surface area contributed by atoms with Gasteiger partial charge in [-0.1, -0.05) is 0 Å². The van der Waals surface area contributed by atoms with Crippen molar-refractivity contribution in [3.8, 4) is 0 Å². The average molecular weight is 486 g/mol. The largest absolute Gasteiger partial charge is 0.480 e. The molecule has 4 atom stereocenters. The van der Waals surface area contributed by atoms with E-state index >= 15 is 0 Å². The number of aromatic amines is 1. The highest BCUT2D eigenvalue weighted by molar-refractivity contribution is 7.98. The maximum atomic E-state index is 12.9. The predicted octanol–water partition coefficient (Wildman–Crippen LogP) is -2.14. The molecule has 184 valence electrons. The number of primary amides is 1. The van der Waals surface area contributed by atoms with Crippen LogP contribution in [-0.2, 0) is 30.4 Å². The monoisotopic (exact) mass is 485 g/mol. The van der Waals surface area contributed by atoms with Crippen molar-refractivity contribution in [1.29, 1.82) is 0 Å². The van der Waals surface area contributed by atoms with Gasteiger partial charge in [0.25, 0.3) is 0 Å². The molecule has 0 saturated heterocycles. The third kappa shape index (κ3) is 10.4. The Kier molecular flexibility index (Phi) is 11.9. The number of aromatic nitrogens is 2. The summed E-state index contributed by atoms with van der Waals surface area (Å²) in [5.74, 6) is -3.35. The van der Waals surface area contributed by atoms with Crippen LogP contribution in [0.5, 0.6) is 0 Å². The van der Waals surface area contributed by atoms with Gasteiger partial charge in [-0.25, -0.2) is 4.98 Å². The number of carboxylic acids is 1. The summed E-state index contributed by atoms with van der Waals surface area (Å²) in [4.78, 5) is 67.0. The summed E-state index contributed by atoms with van der Waals surface area (Å²) >= 11 is 1.51. The van der Waals surface area contributed by atoms with Gasteiger partial charge in [-0.15, -0.1) is 0 Å². The number of aliphatic carboxylic acids is 1. The fourth-order valence-electron chi connectivity index (χ4n) is 2.68. The highest BCUT2D eigenvalue weighted by Crippen LogP contribution is 2.05. The Morgan fingerprint density at radius 2 is 1.73 bits per heavy atom. The summed E-state index contributed by atoms with van der Waals surface area (Å²) in [5, 5.41) is 16.4. The zero-order valence-electron chi connectivity index (χ0n) is 18.5. The maximum Gasteiger partial charge on any atom is 0.325 e. The minimum atomic E-state index is -1.25. The Balaban J connectivity index is 2.98. The van der Waals surface area contributed by atoms with E-state index in [2.05, 4.69) is 25.9 Å². The summed E-state index contributed by atoms with van der Waals surface area (Å²) in [5.41, 5.74) is 11.5. The van der Waals surface area contributed by atoms with Crippen LogP contribution in [0.1, 0.15) is 31.9 Å². The van der Waals surface area contributed by atoms with Crippen LogP contribution in [0.25, 0.3) is 0 Å². The van der Waals surface area contributed by atoms with E-state index in [0.29, 0.717) is 17.9 Å². The van der Waals surface area contributed by atoms with E-state index in [0.717, 1.165) is 0 Å². The Morgan fingerprint density at radius 1 is 1.09 bits per heavy atom. The van der Waals surface area contributed by atoms with Crippen molar-refractivity contribution < 1.29 is 29.1 Å². The molecule has 0 fully saturated rings. The van der Waals surface area contributed by atoms with E-state index < -0.39 is 53.8 Å². The molecule has 4 unspecified atom stereocenters. The molecule has 0 spiro atoms. The number of nitrogens with one attached hydrogen (secondary N) is 4. The number of nitrogens with two attached hydrogens (primary N) is 2. The second-order valence-corrected chi connectivity index (χ2v) is 8.35. The quantitative estimate of drug-likeness (QED) is 0.144. The summed E-state index contributed by atoms with van der Waals surface area (Å²) in [6, 6.07) is -4.42. The normalized spacial score (nSPS) is 14.4. The van der Waals surface area contributed by atoms with Crippen LogP contribution < -0.4 is 27.4 Å². The summed E-state index contributed by atoms with van der Waals surface area (Å²) < 4.78 is 0. The lowest BCUT2D eigenvalue weighted by Gasteiger charge is -2.24. The third-order valence-electron chi connectivity index (χ3n) is 4.62. The Morgan fingerprint density at radius 3 is 2.27 bits per heavy atom. The molecule has 1 rings (SSSR count). The number of amides is 4. The molecule has 33 heavy (non-hydrogen) atoms. The van der Waals surface area contributed by atoms with Gasteiger partial charge < -0.3 is 37.5 Å². The van der Waals surface area contributed by atoms with Crippen LogP contribution >= 0.6 is 11.8 Å². The van der Waals surface area contributed by atoms with E-state index in [-0.39, 0.29) is 19.3 Å². The predicted molar refractivity (Wildman–Crippen MR) is 121 cm³/mol. The topological polar surface area (TPSA) is 222 Å². The number of rotatable bonds is 15. The van der Waals surface area contributed by atoms with Crippen molar-refractivity contribution in [2.75, 3.05) is 12.0 Å². The Labute approximate surface area is 195 Å². The summed E-state index contributed by atoms with van der Waals surface area (Å²) in [6.07, 6.45) is 4.77. The fourth-order valence-corrected chi connectivity index (χ4v) is 3.17. The van der Waals surface area contributed by atoms with Gasteiger partial charge in [-0.2, -0.15) is 11.8 Å². The molecule has 0 saturated carbocycles. The van der Waals surface area contributed by atoms with E-state index in [1.54, 1.807) is 0 Å². The molecule has 0 aromatic carbocycles. The number of nitrogens with zero attached hydrogens (tertiary/aromatic N) is 1. The average Bonchev–Trinajstić information content (AvgIpc) is 3.26. The third-order valence-corrected chi connectivity index (χ3v) is 5.27. The first-order chi connectivity index (χ1) is 15.5. The molecular weight excluding hydrogens is 454 g/mol. The smallest absolute Gasteiger partial charge is 0.325 e. The standard InChI is InChI=1S/C19H31N7O6S/c1-10(19(31)32)24-18(30)14(7-11-8-22-9-23-11)26-17(29)13(3-4-15(21)27)25-16(28)12(20)5-6-33-2/h8-10,12-14H,3-7,20H2,1-2H3,(H2,21,27)(H,22,23)(H,24,30)(H,25,28)(H,26,29)(H,31,32). The highest BCUT2D eigenvalue weighted by atomic mass is 32.2. The Bertz CT molecular complexity index is 820. The number of H-pyrrole nitrogens is 1. The Hall–Kier alpha value is -3.13. The van der Waals surface area contributed by atoms with E-state index in [4.69, 9.17) is 16.6 Å². The van der Waals surface area contributed by atoms with Gasteiger partial charge in [0.05, 0.1) is 12.4 Å². The minimum absolute atomic E-state index is 0.0202. The molecule has 0 aliphatic heterocycles. The van der Waals surface area contributed by atoms with Crippen molar-refractivity contribution in [1.82, 2.24) is 25.9 Å². The van der Waals surface area contributed by atoms with E-state index in [9.17, 15) is 24.0 Å². The van der Waals surface area contributed by atoms with Gasteiger partial charge in [0.2, 0.25) is 23.6 Å². The molecule has 9 N–H and O–H groups in total. The molecule has 13 nitrogen and oxygen atoms in total. The molecule has 0 aliphatic rings. The molecule has 14 heteroatoms.